The molecule has 1 aromatic carbocycles. The van der Waals surface area contributed by atoms with Crippen LogP contribution in [0.25, 0.3) is 5.65 Å². The Balaban J connectivity index is 1.47. The van der Waals surface area contributed by atoms with E-state index in [0.717, 1.165) is 68.0 Å². The summed E-state index contributed by atoms with van der Waals surface area (Å²) in [7, 11) is 0. The monoisotopic (exact) mass is 440 g/mol. The number of rotatable bonds is 3. The van der Waals surface area contributed by atoms with Crippen LogP contribution < -0.4 is 10.6 Å². The fraction of sp³-hybridized carbons (Fsp3) is 0.435. The van der Waals surface area contributed by atoms with Gasteiger partial charge in [0.2, 0.25) is 0 Å². The number of carbonyl (C=O) groups is 1. The van der Waals surface area contributed by atoms with Gasteiger partial charge >= 0.3 is 0 Å². The van der Waals surface area contributed by atoms with E-state index in [-0.39, 0.29) is 17.6 Å². The minimum absolute atomic E-state index is 0.122. The molecule has 0 aliphatic carbocycles. The molecule has 9 heteroatoms. The molecule has 2 fully saturated rings. The van der Waals surface area contributed by atoms with Crippen molar-refractivity contribution in [2.75, 3.05) is 24.5 Å². The minimum atomic E-state index is -0.847. The lowest BCUT2D eigenvalue weighted by atomic mass is 9.98. The molecular formula is C23H26F2N6O. The highest BCUT2D eigenvalue weighted by atomic mass is 19.1. The molecule has 3 aromatic rings. The maximum Gasteiger partial charge on any atom is 0.257 e. The largest absolute Gasteiger partial charge is 0.355 e. The first-order valence-electron chi connectivity index (χ1n) is 11.0. The highest BCUT2D eigenvalue weighted by molar-refractivity contribution is 5.94. The van der Waals surface area contributed by atoms with Crippen LogP contribution in [0, 0.1) is 18.6 Å². The molecule has 32 heavy (non-hydrogen) atoms. The predicted molar refractivity (Wildman–Crippen MR) is 117 cm³/mol. The van der Waals surface area contributed by atoms with Gasteiger partial charge in [0, 0.05) is 49.6 Å². The fourth-order valence-electron chi connectivity index (χ4n) is 4.78. The van der Waals surface area contributed by atoms with E-state index >= 15 is 0 Å². The number of likely N-dealkylation sites (tertiary alicyclic amines) is 1. The first-order valence-corrected chi connectivity index (χ1v) is 11.0. The van der Waals surface area contributed by atoms with Crippen LogP contribution in [-0.4, -0.2) is 51.1 Å². The van der Waals surface area contributed by atoms with Gasteiger partial charge < -0.3 is 15.5 Å². The molecule has 0 bridgehead atoms. The number of aryl methyl sites for hydroxylation is 1. The van der Waals surface area contributed by atoms with Gasteiger partial charge in [0.1, 0.15) is 17.5 Å². The summed E-state index contributed by atoms with van der Waals surface area (Å²) in [6.45, 7) is 4.15. The Morgan fingerprint density at radius 3 is 2.75 bits per heavy atom. The number of fused-ring (bicyclic) bond motifs is 1. The van der Waals surface area contributed by atoms with Gasteiger partial charge in [-0.25, -0.2) is 18.3 Å². The zero-order valence-electron chi connectivity index (χ0n) is 18.0. The van der Waals surface area contributed by atoms with Crippen molar-refractivity contribution in [3.63, 3.8) is 0 Å². The van der Waals surface area contributed by atoms with Gasteiger partial charge in [0.15, 0.2) is 5.65 Å². The van der Waals surface area contributed by atoms with Crippen molar-refractivity contribution >= 4 is 17.4 Å². The number of aromatic nitrogens is 3. The molecule has 4 heterocycles. The van der Waals surface area contributed by atoms with E-state index in [1.807, 2.05) is 19.2 Å². The predicted octanol–water partition coefficient (Wildman–Crippen LogP) is 3.22. The number of amides is 1. The van der Waals surface area contributed by atoms with Crippen molar-refractivity contribution in [3.8, 4) is 0 Å². The van der Waals surface area contributed by atoms with E-state index in [1.54, 1.807) is 9.42 Å². The van der Waals surface area contributed by atoms with Crippen LogP contribution in [0.1, 0.15) is 53.3 Å². The maximum atomic E-state index is 14.3. The van der Waals surface area contributed by atoms with E-state index in [1.165, 1.54) is 6.07 Å². The fourth-order valence-corrected chi connectivity index (χ4v) is 4.78. The molecule has 7 nitrogen and oxygen atoms in total. The number of hydrogen-bond donors (Lipinski definition) is 1. The van der Waals surface area contributed by atoms with Gasteiger partial charge in [-0.3, -0.25) is 4.79 Å². The van der Waals surface area contributed by atoms with Gasteiger partial charge in [-0.2, -0.15) is 5.10 Å². The second-order valence-corrected chi connectivity index (χ2v) is 8.75. The zero-order chi connectivity index (χ0) is 22.4. The van der Waals surface area contributed by atoms with E-state index in [9.17, 15) is 13.6 Å². The lowest BCUT2D eigenvalue weighted by Gasteiger charge is -2.34. The summed E-state index contributed by atoms with van der Waals surface area (Å²) < 4.78 is 29.3. The number of nitrogens with zero attached hydrogens (tertiary/aromatic N) is 5. The van der Waals surface area contributed by atoms with Gasteiger partial charge in [-0.05, 0) is 44.7 Å². The lowest BCUT2D eigenvalue weighted by molar-refractivity contribution is 0.0601. The Labute approximate surface area is 184 Å². The Kier molecular flexibility index (Phi) is 5.28. The number of piperidine rings is 1. The maximum absolute atomic E-state index is 14.3. The summed E-state index contributed by atoms with van der Waals surface area (Å²) in [5.74, 6) is -1.09. The number of benzene rings is 1. The van der Waals surface area contributed by atoms with Crippen LogP contribution in [0.4, 0.5) is 14.6 Å². The molecule has 0 spiro atoms. The molecule has 2 aliphatic heterocycles. The zero-order valence-corrected chi connectivity index (χ0v) is 18.0. The van der Waals surface area contributed by atoms with Crippen LogP contribution in [0.5, 0.6) is 0 Å². The van der Waals surface area contributed by atoms with E-state index in [0.29, 0.717) is 12.2 Å². The molecule has 2 unspecified atom stereocenters. The summed E-state index contributed by atoms with van der Waals surface area (Å²) in [5.41, 5.74) is 8.38. The standard InChI is InChI=1S/C23H26F2N6O/c1-14-12-31-21(27-22(14)29-9-7-16(26)13-29)11-19(28-31)20-4-2-3-8-30(20)23(32)17-6-5-15(24)10-18(17)25/h5-6,10-12,16,20H,2-4,7-9,13,26H2,1H3. The molecule has 2 atom stereocenters. The Morgan fingerprint density at radius 1 is 1.16 bits per heavy atom. The van der Waals surface area contributed by atoms with Crippen LogP contribution in [0.15, 0.2) is 30.5 Å². The molecule has 0 radical (unpaired) electrons. The van der Waals surface area contributed by atoms with Gasteiger partial charge in [0.25, 0.3) is 5.91 Å². The lowest BCUT2D eigenvalue weighted by Crippen LogP contribution is -2.39. The summed E-state index contributed by atoms with van der Waals surface area (Å²) in [6.07, 6.45) is 5.38. The molecule has 0 saturated carbocycles. The quantitative estimate of drug-likeness (QED) is 0.677. The number of nitrogens with two attached hydrogens (primary N) is 1. The number of hydrogen-bond acceptors (Lipinski definition) is 5. The summed E-state index contributed by atoms with van der Waals surface area (Å²) >= 11 is 0. The highest BCUT2D eigenvalue weighted by Crippen LogP contribution is 2.33. The third-order valence-electron chi connectivity index (χ3n) is 6.41. The smallest absolute Gasteiger partial charge is 0.257 e. The van der Waals surface area contributed by atoms with Crippen LogP contribution >= 0.6 is 0 Å². The van der Waals surface area contributed by atoms with Crippen LogP contribution in [-0.2, 0) is 0 Å². The Morgan fingerprint density at radius 2 is 2.00 bits per heavy atom. The molecule has 1 amide bonds. The topological polar surface area (TPSA) is 79.8 Å². The second kappa shape index (κ2) is 8.12. The normalized spacial score (nSPS) is 21.5. The SMILES string of the molecule is Cc1cn2nc(C3CCCCN3C(=O)c3ccc(F)cc3F)cc2nc1N1CCC(N)C1. The van der Waals surface area contributed by atoms with Crippen LogP contribution in [0.3, 0.4) is 0 Å². The summed E-state index contributed by atoms with van der Waals surface area (Å²) in [5, 5.41) is 4.71. The van der Waals surface area contributed by atoms with Crippen LogP contribution in [0.2, 0.25) is 0 Å². The van der Waals surface area contributed by atoms with Crippen molar-refractivity contribution in [2.45, 2.75) is 44.7 Å². The van der Waals surface area contributed by atoms with Gasteiger partial charge in [-0.15, -0.1) is 0 Å². The van der Waals surface area contributed by atoms with E-state index < -0.39 is 17.5 Å². The van der Waals surface area contributed by atoms with Gasteiger partial charge in [0.05, 0.1) is 17.3 Å². The summed E-state index contributed by atoms with van der Waals surface area (Å²) in [6, 6.07) is 4.83. The molecule has 2 saturated heterocycles. The molecule has 2 aromatic heterocycles. The average Bonchev–Trinajstić information content (AvgIpc) is 3.38. The van der Waals surface area contributed by atoms with E-state index in [4.69, 9.17) is 15.8 Å². The highest BCUT2D eigenvalue weighted by Gasteiger charge is 2.32. The van der Waals surface area contributed by atoms with Crippen molar-refractivity contribution in [1.82, 2.24) is 19.5 Å². The molecule has 2 aliphatic rings. The number of anilines is 1. The molecule has 168 valence electrons. The third kappa shape index (κ3) is 3.70. The molecular weight excluding hydrogens is 414 g/mol. The molecule has 5 rings (SSSR count). The van der Waals surface area contributed by atoms with E-state index in [2.05, 4.69) is 4.90 Å². The van der Waals surface area contributed by atoms with Crippen molar-refractivity contribution in [1.29, 1.82) is 0 Å². The van der Waals surface area contributed by atoms with Crippen molar-refractivity contribution in [3.05, 3.63) is 58.9 Å². The first-order chi connectivity index (χ1) is 15.4. The molecule has 2 N–H and O–H groups in total. The number of halogens is 2. The first kappa shape index (κ1) is 20.8. The Hall–Kier alpha value is -3.07. The minimum Gasteiger partial charge on any atom is -0.355 e. The summed E-state index contributed by atoms with van der Waals surface area (Å²) in [4.78, 5) is 21.8. The Bertz CT molecular complexity index is 1180. The average molecular weight is 440 g/mol. The van der Waals surface area contributed by atoms with Gasteiger partial charge in [-0.1, -0.05) is 0 Å². The second-order valence-electron chi connectivity index (χ2n) is 8.75. The number of carbonyl (C=O) groups excluding carboxylic acids is 1. The van der Waals surface area contributed by atoms with Crippen molar-refractivity contribution < 1.29 is 13.6 Å². The van der Waals surface area contributed by atoms with Crippen molar-refractivity contribution in [2.24, 2.45) is 5.73 Å². The third-order valence-corrected chi connectivity index (χ3v) is 6.41.